The summed E-state index contributed by atoms with van der Waals surface area (Å²) in [5.41, 5.74) is 1.12. The van der Waals surface area contributed by atoms with E-state index in [0.29, 0.717) is 6.54 Å². The van der Waals surface area contributed by atoms with Crippen LogP contribution in [0.1, 0.15) is 5.56 Å². The third-order valence-electron chi connectivity index (χ3n) is 2.23. The molecule has 0 saturated heterocycles. The molecule has 2 aromatic rings. The minimum absolute atomic E-state index is 0.0119. The predicted octanol–water partition coefficient (Wildman–Crippen LogP) is 1.76. The molecule has 5 nitrogen and oxygen atoms in total. The first-order chi connectivity index (χ1) is 8.15. The maximum Gasteiger partial charge on any atom is 0.244 e. The number of nitrogens with zero attached hydrogens (tertiary/aromatic N) is 4. The van der Waals surface area contributed by atoms with Gasteiger partial charge in [-0.2, -0.15) is 5.10 Å². The molecule has 7 heteroatoms. The van der Waals surface area contributed by atoms with Crippen LogP contribution in [-0.2, 0) is 17.9 Å². The van der Waals surface area contributed by atoms with Crippen LogP contribution in [0.3, 0.4) is 0 Å². The van der Waals surface area contributed by atoms with E-state index < -0.39 is 0 Å². The van der Waals surface area contributed by atoms with E-state index in [0.717, 1.165) is 9.35 Å². The number of halogens is 1. The molecule has 0 unspecified atom stereocenters. The molecular weight excluding hydrogens is 304 g/mol. The minimum atomic E-state index is 0.0119. The first-order valence-corrected chi connectivity index (χ1v) is 6.61. The van der Waals surface area contributed by atoms with E-state index in [1.165, 1.54) is 17.3 Å². The number of rotatable bonds is 4. The molecule has 2 rings (SSSR count). The molecule has 2 aromatic heterocycles. The van der Waals surface area contributed by atoms with Crippen molar-refractivity contribution in [2.24, 2.45) is 0 Å². The third kappa shape index (κ3) is 3.37. The highest BCUT2D eigenvalue weighted by molar-refractivity contribution is 9.11. The van der Waals surface area contributed by atoms with Gasteiger partial charge in [0.1, 0.15) is 19.2 Å². The smallest absolute Gasteiger partial charge is 0.244 e. The molecular formula is C10H11BrN4OS. The van der Waals surface area contributed by atoms with Gasteiger partial charge in [-0.05, 0) is 32.9 Å². The van der Waals surface area contributed by atoms with Gasteiger partial charge in [0.05, 0.1) is 3.79 Å². The van der Waals surface area contributed by atoms with Gasteiger partial charge in [0.25, 0.3) is 0 Å². The lowest BCUT2D eigenvalue weighted by Crippen LogP contribution is -2.29. The topological polar surface area (TPSA) is 51.0 Å². The number of aromatic nitrogens is 3. The maximum atomic E-state index is 11.9. The largest absolute Gasteiger partial charge is 0.340 e. The Bertz CT molecular complexity index is 496. The fourth-order valence-corrected chi connectivity index (χ4v) is 2.56. The molecule has 0 radical (unpaired) electrons. The fraction of sp³-hybridized carbons (Fsp3) is 0.300. The third-order valence-corrected chi connectivity index (χ3v) is 3.78. The lowest BCUT2D eigenvalue weighted by atomic mass is 10.3. The Morgan fingerprint density at radius 1 is 1.65 bits per heavy atom. The van der Waals surface area contributed by atoms with Crippen LogP contribution in [0.2, 0.25) is 0 Å². The van der Waals surface area contributed by atoms with Crippen LogP contribution < -0.4 is 0 Å². The molecule has 1 amide bonds. The maximum absolute atomic E-state index is 11.9. The number of thiophene rings is 1. The zero-order valence-electron chi connectivity index (χ0n) is 9.21. The molecule has 0 aliphatic carbocycles. The Labute approximate surface area is 111 Å². The van der Waals surface area contributed by atoms with E-state index in [-0.39, 0.29) is 12.5 Å². The molecule has 0 aliphatic heterocycles. The average molecular weight is 315 g/mol. The minimum Gasteiger partial charge on any atom is -0.340 e. The molecule has 0 N–H and O–H groups in total. The molecule has 0 aliphatic rings. The number of carbonyl (C=O) groups is 1. The summed E-state index contributed by atoms with van der Waals surface area (Å²) in [5.74, 6) is 0.0119. The quantitative estimate of drug-likeness (QED) is 0.864. The van der Waals surface area contributed by atoms with E-state index in [2.05, 4.69) is 26.0 Å². The first-order valence-electron chi connectivity index (χ1n) is 4.94. The molecule has 0 bridgehead atoms. The molecule has 0 saturated carbocycles. The summed E-state index contributed by atoms with van der Waals surface area (Å²) >= 11 is 5.01. The molecule has 17 heavy (non-hydrogen) atoms. The van der Waals surface area contributed by atoms with Crippen molar-refractivity contribution in [3.8, 4) is 0 Å². The van der Waals surface area contributed by atoms with Crippen molar-refractivity contribution in [3.63, 3.8) is 0 Å². The number of likely N-dealkylation sites (N-methyl/N-ethyl adjacent to an activating group) is 1. The second-order valence-electron chi connectivity index (χ2n) is 3.60. The van der Waals surface area contributed by atoms with E-state index >= 15 is 0 Å². The Balaban J connectivity index is 1.91. The fourth-order valence-electron chi connectivity index (χ4n) is 1.36. The molecule has 0 fully saturated rings. The van der Waals surface area contributed by atoms with Crippen molar-refractivity contribution in [1.82, 2.24) is 19.7 Å². The Kier molecular flexibility index (Phi) is 3.90. The van der Waals surface area contributed by atoms with Crippen molar-refractivity contribution in [3.05, 3.63) is 33.5 Å². The van der Waals surface area contributed by atoms with Crippen molar-refractivity contribution in [1.29, 1.82) is 0 Å². The summed E-state index contributed by atoms with van der Waals surface area (Å²) in [4.78, 5) is 17.3. The van der Waals surface area contributed by atoms with Crippen LogP contribution in [0.4, 0.5) is 0 Å². The first kappa shape index (κ1) is 12.3. The van der Waals surface area contributed by atoms with E-state index in [9.17, 15) is 4.79 Å². The highest BCUT2D eigenvalue weighted by Gasteiger charge is 2.11. The van der Waals surface area contributed by atoms with Crippen molar-refractivity contribution >= 4 is 33.2 Å². The summed E-state index contributed by atoms with van der Waals surface area (Å²) in [6.07, 6.45) is 2.95. The average Bonchev–Trinajstić information content (AvgIpc) is 2.90. The van der Waals surface area contributed by atoms with Gasteiger partial charge >= 0.3 is 0 Å². The van der Waals surface area contributed by atoms with Crippen LogP contribution in [0.5, 0.6) is 0 Å². The van der Waals surface area contributed by atoms with Crippen LogP contribution in [-0.4, -0.2) is 32.6 Å². The summed E-state index contributed by atoms with van der Waals surface area (Å²) in [7, 11) is 1.78. The Morgan fingerprint density at radius 2 is 2.47 bits per heavy atom. The number of carbonyl (C=O) groups excluding carboxylic acids is 1. The predicted molar refractivity (Wildman–Crippen MR) is 68.5 cm³/mol. The van der Waals surface area contributed by atoms with Gasteiger partial charge in [0.2, 0.25) is 5.91 Å². The number of hydrogen-bond donors (Lipinski definition) is 0. The van der Waals surface area contributed by atoms with Gasteiger partial charge < -0.3 is 4.90 Å². The normalized spacial score (nSPS) is 10.5. The van der Waals surface area contributed by atoms with Crippen LogP contribution >= 0.6 is 27.3 Å². The molecule has 0 atom stereocenters. The monoisotopic (exact) mass is 314 g/mol. The second kappa shape index (κ2) is 5.42. The zero-order chi connectivity index (χ0) is 12.3. The van der Waals surface area contributed by atoms with Gasteiger partial charge in [-0.3, -0.25) is 4.79 Å². The Morgan fingerprint density at radius 3 is 3.06 bits per heavy atom. The molecule has 2 heterocycles. The van der Waals surface area contributed by atoms with Crippen LogP contribution in [0.25, 0.3) is 0 Å². The Hall–Kier alpha value is -1.21. The summed E-state index contributed by atoms with van der Waals surface area (Å²) in [5, 5.41) is 5.93. The summed E-state index contributed by atoms with van der Waals surface area (Å²) < 4.78 is 2.59. The van der Waals surface area contributed by atoms with Gasteiger partial charge in [-0.1, -0.05) is 0 Å². The number of hydrogen-bond acceptors (Lipinski definition) is 4. The zero-order valence-corrected chi connectivity index (χ0v) is 11.6. The van der Waals surface area contributed by atoms with E-state index in [1.807, 2.05) is 11.4 Å². The summed E-state index contributed by atoms with van der Waals surface area (Å²) in [6.45, 7) is 0.831. The van der Waals surface area contributed by atoms with Crippen LogP contribution in [0.15, 0.2) is 27.9 Å². The van der Waals surface area contributed by atoms with Gasteiger partial charge in [-0.15, -0.1) is 11.3 Å². The van der Waals surface area contributed by atoms with E-state index in [4.69, 9.17) is 0 Å². The highest BCUT2D eigenvalue weighted by atomic mass is 79.9. The lowest BCUT2D eigenvalue weighted by Gasteiger charge is -2.16. The lowest BCUT2D eigenvalue weighted by molar-refractivity contribution is -0.131. The van der Waals surface area contributed by atoms with Crippen molar-refractivity contribution in [2.45, 2.75) is 13.1 Å². The SMILES string of the molecule is CN(Cc1csc(Br)c1)C(=O)Cn1cncn1. The van der Waals surface area contributed by atoms with Gasteiger partial charge in [0.15, 0.2) is 0 Å². The van der Waals surface area contributed by atoms with Crippen molar-refractivity contribution < 1.29 is 4.79 Å². The molecule has 90 valence electrons. The standard InChI is InChI=1S/C10H11BrN4OS/c1-14(3-8-2-9(11)17-5-8)10(16)4-15-7-12-6-13-15/h2,5-7H,3-4H2,1H3. The second-order valence-corrected chi connectivity index (χ2v) is 5.89. The van der Waals surface area contributed by atoms with Crippen molar-refractivity contribution in [2.75, 3.05) is 7.05 Å². The molecule has 0 aromatic carbocycles. The van der Waals surface area contributed by atoms with E-state index in [1.54, 1.807) is 23.3 Å². The highest BCUT2D eigenvalue weighted by Crippen LogP contribution is 2.21. The van der Waals surface area contributed by atoms with Gasteiger partial charge in [0, 0.05) is 13.6 Å². The summed E-state index contributed by atoms with van der Waals surface area (Å²) in [6, 6.07) is 2.02. The number of amides is 1. The molecule has 0 spiro atoms. The van der Waals surface area contributed by atoms with Crippen LogP contribution in [0, 0.1) is 0 Å². The van der Waals surface area contributed by atoms with Gasteiger partial charge in [-0.25, -0.2) is 9.67 Å².